The molecule has 9 nitrogen and oxygen atoms in total. The number of aliphatic imine (C=N–C) groups is 1. The van der Waals surface area contributed by atoms with E-state index in [9.17, 15) is 0 Å². The summed E-state index contributed by atoms with van der Waals surface area (Å²) < 4.78 is 13.5. The molecule has 2 N–H and O–H groups in total. The van der Waals surface area contributed by atoms with E-state index in [4.69, 9.17) is 9.47 Å². The van der Waals surface area contributed by atoms with Crippen molar-refractivity contribution in [3.05, 3.63) is 54.1 Å². The first kappa shape index (κ1) is 20.0. The number of hydrogen-bond donors (Lipinski definition) is 2. The Morgan fingerprint density at radius 1 is 1.27 bits per heavy atom. The summed E-state index contributed by atoms with van der Waals surface area (Å²) >= 11 is 0. The molecule has 2 aromatic rings. The van der Waals surface area contributed by atoms with Crippen LogP contribution in [0, 0.1) is 0 Å². The Morgan fingerprint density at radius 2 is 2.17 bits per heavy atom. The van der Waals surface area contributed by atoms with Crippen molar-refractivity contribution in [2.75, 3.05) is 32.6 Å². The van der Waals surface area contributed by atoms with E-state index in [1.165, 1.54) is 0 Å². The normalized spacial score (nSPS) is 20.1. The quantitative estimate of drug-likeness (QED) is 0.643. The van der Waals surface area contributed by atoms with Crippen LogP contribution in [-0.2, 0) is 7.05 Å². The maximum absolute atomic E-state index is 6.13. The van der Waals surface area contributed by atoms with E-state index in [-0.39, 0.29) is 12.1 Å². The van der Waals surface area contributed by atoms with E-state index in [1.54, 1.807) is 17.2 Å². The second kappa shape index (κ2) is 9.00. The molecule has 0 saturated carbocycles. The van der Waals surface area contributed by atoms with Crippen LogP contribution in [-0.4, -0.2) is 65.4 Å². The Balaban J connectivity index is 1.40. The van der Waals surface area contributed by atoms with Crippen molar-refractivity contribution in [2.24, 2.45) is 12.0 Å². The topological polar surface area (TPSA) is 88.8 Å². The fourth-order valence-corrected chi connectivity index (χ4v) is 3.25. The fourth-order valence-electron chi connectivity index (χ4n) is 3.25. The lowest BCUT2D eigenvalue weighted by atomic mass is 9.93. The number of anilines is 1. The minimum Gasteiger partial charge on any atom is -0.484 e. The number of nitrogens with one attached hydrogen (secondary N) is 2. The zero-order chi connectivity index (χ0) is 20.9. The van der Waals surface area contributed by atoms with E-state index in [0.29, 0.717) is 24.7 Å². The van der Waals surface area contributed by atoms with Gasteiger partial charge >= 0.3 is 0 Å². The van der Waals surface area contributed by atoms with Crippen molar-refractivity contribution < 1.29 is 9.47 Å². The second-order valence-electron chi connectivity index (χ2n) is 7.50. The van der Waals surface area contributed by atoms with Gasteiger partial charge in [-0.25, -0.2) is 4.98 Å². The molecule has 30 heavy (non-hydrogen) atoms. The standard InChI is InChI=1S/C21H27N7O2/c1-27(2)10-11-29-20-7-5-16(13-22-20)30-15-4-6-18-17(12-15)21(24-14-23-18)25-19-8-9-28(3)26-19/h4-9,13-15,18H,10-12H2,1-3H3,(H,23,24)(H,25,26). The summed E-state index contributed by atoms with van der Waals surface area (Å²) in [7, 11) is 5.91. The number of rotatable bonds is 8. The molecule has 1 aliphatic carbocycles. The van der Waals surface area contributed by atoms with Gasteiger partial charge in [-0.2, -0.15) is 5.10 Å². The molecule has 1 aliphatic heterocycles. The zero-order valence-corrected chi connectivity index (χ0v) is 17.4. The van der Waals surface area contributed by atoms with Crippen molar-refractivity contribution in [2.45, 2.75) is 18.6 Å². The Labute approximate surface area is 176 Å². The highest BCUT2D eigenvalue weighted by Gasteiger charge is 2.27. The van der Waals surface area contributed by atoms with Crippen LogP contribution < -0.4 is 20.1 Å². The summed E-state index contributed by atoms with van der Waals surface area (Å²) in [6.45, 7) is 1.44. The van der Waals surface area contributed by atoms with Crippen LogP contribution in [0.25, 0.3) is 0 Å². The van der Waals surface area contributed by atoms with Crippen molar-refractivity contribution in [1.82, 2.24) is 25.0 Å². The molecule has 0 spiro atoms. The Morgan fingerprint density at radius 3 is 2.90 bits per heavy atom. The average molecular weight is 409 g/mol. The van der Waals surface area contributed by atoms with Crippen LogP contribution >= 0.6 is 0 Å². The highest BCUT2D eigenvalue weighted by molar-refractivity contribution is 5.64. The highest BCUT2D eigenvalue weighted by atomic mass is 16.5. The number of fused-ring (bicyclic) bond motifs is 1. The SMILES string of the molecule is CN(C)CCOc1ccc(OC2C=CC3N=CNC(Nc4ccn(C)n4)=C3C2)cn1. The third-order valence-corrected chi connectivity index (χ3v) is 4.80. The fraction of sp³-hybridized carbons (Fsp3) is 0.381. The minimum absolute atomic E-state index is 0.00269. The summed E-state index contributed by atoms with van der Waals surface area (Å²) in [4.78, 5) is 10.9. The number of pyridine rings is 1. The molecule has 2 aromatic heterocycles. The van der Waals surface area contributed by atoms with Crippen LogP contribution in [0.2, 0.25) is 0 Å². The highest BCUT2D eigenvalue weighted by Crippen LogP contribution is 2.28. The van der Waals surface area contributed by atoms with E-state index in [0.717, 1.165) is 23.8 Å². The van der Waals surface area contributed by atoms with Gasteiger partial charge in [-0.15, -0.1) is 0 Å². The lowest BCUT2D eigenvalue weighted by molar-refractivity contribution is 0.237. The molecule has 0 bridgehead atoms. The van der Waals surface area contributed by atoms with E-state index < -0.39 is 0 Å². The van der Waals surface area contributed by atoms with Crippen LogP contribution in [0.5, 0.6) is 11.6 Å². The molecule has 158 valence electrons. The van der Waals surface area contributed by atoms with Crippen molar-refractivity contribution >= 4 is 12.2 Å². The van der Waals surface area contributed by atoms with Gasteiger partial charge in [-0.05, 0) is 26.2 Å². The van der Waals surface area contributed by atoms with Crippen LogP contribution in [0.15, 0.2) is 59.1 Å². The van der Waals surface area contributed by atoms with Gasteiger partial charge in [0.25, 0.3) is 0 Å². The molecule has 2 unspecified atom stereocenters. The first-order chi connectivity index (χ1) is 14.6. The minimum atomic E-state index is -0.103. The average Bonchev–Trinajstić information content (AvgIpc) is 3.14. The number of likely N-dealkylation sites (N-methyl/N-ethyl adjacent to an activating group) is 1. The van der Waals surface area contributed by atoms with E-state index in [2.05, 4.69) is 42.8 Å². The second-order valence-corrected chi connectivity index (χ2v) is 7.50. The van der Waals surface area contributed by atoms with Gasteiger partial charge in [0.05, 0.1) is 18.6 Å². The summed E-state index contributed by atoms with van der Waals surface area (Å²) in [5.74, 6) is 2.98. The predicted molar refractivity (Wildman–Crippen MR) is 116 cm³/mol. The molecule has 0 saturated heterocycles. The van der Waals surface area contributed by atoms with Crippen molar-refractivity contribution in [3.8, 4) is 11.6 Å². The monoisotopic (exact) mass is 409 g/mol. The van der Waals surface area contributed by atoms with Crippen LogP contribution in [0.3, 0.4) is 0 Å². The lowest BCUT2D eigenvalue weighted by Crippen LogP contribution is -2.33. The summed E-state index contributed by atoms with van der Waals surface area (Å²) in [6, 6.07) is 5.65. The van der Waals surface area contributed by atoms with Gasteiger partial charge in [0.2, 0.25) is 5.88 Å². The molecule has 4 rings (SSSR count). The molecule has 3 heterocycles. The largest absolute Gasteiger partial charge is 0.484 e. The molecule has 2 aliphatic rings. The van der Waals surface area contributed by atoms with Crippen LogP contribution in [0.1, 0.15) is 6.42 Å². The van der Waals surface area contributed by atoms with Gasteiger partial charge in [0.1, 0.15) is 24.3 Å². The lowest BCUT2D eigenvalue weighted by Gasteiger charge is -2.29. The third kappa shape index (κ3) is 4.98. The van der Waals surface area contributed by atoms with Crippen LogP contribution in [0.4, 0.5) is 5.82 Å². The molecule has 2 atom stereocenters. The number of ether oxygens (including phenoxy) is 2. The van der Waals surface area contributed by atoms with Gasteiger partial charge in [-0.1, -0.05) is 6.08 Å². The molecule has 0 amide bonds. The first-order valence-electron chi connectivity index (χ1n) is 9.93. The van der Waals surface area contributed by atoms with E-state index >= 15 is 0 Å². The Kier molecular flexibility index (Phi) is 5.99. The Bertz CT molecular complexity index is 947. The summed E-state index contributed by atoms with van der Waals surface area (Å²) in [6.07, 6.45) is 10.0. The van der Waals surface area contributed by atoms with E-state index in [1.807, 2.05) is 45.5 Å². The molecule has 0 fully saturated rings. The van der Waals surface area contributed by atoms with Crippen molar-refractivity contribution in [1.29, 1.82) is 0 Å². The van der Waals surface area contributed by atoms with Crippen molar-refractivity contribution in [3.63, 3.8) is 0 Å². The number of nitrogens with zero attached hydrogens (tertiary/aromatic N) is 5. The molecule has 9 heteroatoms. The molecular weight excluding hydrogens is 382 g/mol. The zero-order valence-electron chi connectivity index (χ0n) is 17.4. The summed E-state index contributed by atoms with van der Waals surface area (Å²) in [5.41, 5.74) is 1.13. The number of aromatic nitrogens is 3. The molecular formula is C21H27N7O2. The van der Waals surface area contributed by atoms with Gasteiger partial charge < -0.3 is 25.0 Å². The number of hydrogen-bond acceptors (Lipinski definition) is 8. The predicted octanol–water partition coefficient (Wildman–Crippen LogP) is 1.79. The maximum Gasteiger partial charge on any atom is 0.213 e. The molecule has 0 radical (unpaired) electrons. The van der Waals surface area contributed by atoms with Gasteiger partial charge in [-0.3, -0.25) is 9.67 Å². The number of aryl methyl sites for hydroxylation is 1. The third-order valence-electron chi connectivity index (χ3n) is 4.80. The van der Waals surface area contributed by atoms with Gasteiger partial charge in [0, 0.05) is 43.9 Å². The Hall–Kier alpha value is -3.33. The smallest absolute Gasteiger partial charge is 0.213 e. The summed E-state index contributed by atoms with van der Waals surface area (Å²) in [5, 5.41) is 10.9. The van der Waals surface area contributed by atoms with Gasteiger partial charge in [0.15, 0.2) is 5.82 Å². The first-order valence-corrected chi connectivity index (χ1v) is 9.93. The maximum atomic E-state index is 6.13. The molecule has 0 aromatic carbocycles.